The molecule has 6 heteroatoms. The van der Waals surface area contributed by atoms with Gasteiger partial charge < -0.3 is 14.2 Å². The molecule has 2 heterocycles. The molecular formula is C8H10N4O2. The van der Waals surface area contributed by atoms with Gasteiger partial charge in [0.2, 0.25) is 5.89 Å². The van der Waals surface area contributed by atoms with Crippen molar-refractivity contribution in [1.82, 2.24) is 15.2 Å². The van der Waals surface area contributed by atoms with Gasteiger partial charge in [-0.3, -0.25) is 0 Å². The Morgan fingerprint density at radius 2 is 2.21 bits per heavy atom. The molecule has 0 saturated heterocycles. The van der Waals surface area contributed by atoms with Crippen LogP contribution in [0.5, 0.6) is 0 Å². The van der Waals surface area contributed by atoms with E-state index in [1.54, 1.807) is 6.92 Å². The highest BCUT2D eigenvalue weighted by Gasteiger charge is 2.05. The minimum absolute atomic E-state index is 0.393. The molecule has 0 saturated carbocycles. The first-order chi connectivity index (χ1) is 6.75. The van der Waals surface area contributed by atoms with Crippen molar-refractivity contribution in [3.63, 3.8) is 0 Å². The van der Waals surface area contributed by atoms with Gasteiger partial charge in [-0.05, 0) is 6.92 Å². The van der Waals surface area contributed by atoms with Crippen LogP contribution in [-0.2, 0) is 6.54 Å². The average Bonchev–Trinajstić information content (AvgIpc) is 2.72. The van der Waals surface area contributed by atoms with Crippen molar-refractivity contribution in [1.29, 1.82) is 0 Å². The molecule has 0 bridgehead atoms. The van der Waals surface area contributed by atoms with Crippen molar-refractivity contribution in [3.8, 4) is 0 Å². The highest BCUT2D eigenvalue weighted by atomic mass is 16.4. The number of aromatic nitrogens is 3. The second-order valence-corrected chi connectivity index (χ2v) is 2.84. The standard InChI is InChI=1S/C8H10N4O2/c1-5-7(10-4-13-5)3-9-8-12-11-6(2)14-8/h4H,3H2,1-2H3,(H,9,12). The second-order valence-electron chi connectivity index (χ2n) is 2.84. The van der Waals surface area contributed by atoms with Crippen molar-refractivity contribution in [3.05, 3.63) is 23.7 Å². The zero-order chi connectivity index (χ0) is 9.97. The van der Waals surface area contributed by atoms with Gasteiger partial charge in [-0.25, -0.2) is 4.98 Å². The number of rotatable bonds is 3. The van der Waals surface area contributed by atoms with Crippen LogP contribution in [0.1, 0.15) is 17.3 Å². The van der Waals surface area contributed by atoms with E-state index < -0.39 is 0 Å². The van der Waals surface area contributed by atoms with Gasteiger partial charge >= 0.3 is 6.01 Å². The zero-order valence-corrected chi connectivity index (χ0v) is 7.94. The molecule has 74 valence electrons. The summed E-state index contributed by atoms with van der Waals surface area (Å²) in [7, 11) is 0. The molecule has 0 radical (unpaired) electrons. The topological polar surface area (TPSA) is 77.0 Å². The van der Waals surface area contributed by atoms with Crippen LogP contribution in [0.3, 0.4) is 0 Å². The van der Waals surface area contributed by atoms with E-state index in [9.17, 15) is 0 Å². The van der Waals surface area contributed by atoms with Crippen LogP contribution in [0.2, 0.25) is 0 Å². The number of aryl methyl sites for hydroxylation is 2. The quantitative estimate of drug-likeness (QED) is 0.793. The summed E-state index contributed by atoms with van der Waals surface area (Å²) in [6.07, 6.45) is 1.41. The molecule has 0 amide bonds. The molecule has 0 spiro atoms. The number of hydrogen-bond acceptors (Lipinski definition) is 6. The Morgan fingerprint density at radius 3 is 2.79 bits per heavy atom. The molecule has 0 atom stereocenters. The Morgan fingerprint density at radius 1 is 1.36 bits per heavy atom. The highest BCUT2D eigenvalue weighted by Crippen LogP contribution is 2.08. The lowest BCUT2D eigenvalue weighted by atomic mass is 10.4. The molecule has 14 heavy (non-hydrogen) atoms. The Balaban J connectivity index is 1.98. The molecule has 0 unspecified atom stereocenters. The van der Waals surface area contributed by atoms with E-state index in [2.05, 4.69) is 20.5 Å². The van der Waals surface area contributed by atoms with Gasteiger partial charge in [-0.15, -0.1) is 5.10 Å². The normalized spacial score (nSPS) is 10.4. The van der Waals surface area contributed by atoms with Gasteiger partial charge in [0, 0.05) is 6.92 Å². The monoisotopic (exact) mass is 194 g/mol. The van der Waals surface area contributed by atoms with E-state index in [0.717, 1.165) is 11.5 Å². The van der Waals surface area contributed by atoms with Crippen LogP contribution >= 0.6 is 0 Å². The largest absolute Gasteiger partial charge is 0.448 e. The first-order valence-corrected chi connectivity index (χ1v) is 4.18. The SMILES string of the molecule is Cc1nnc(NCc2ncoc2C)o1. The van der Waals surface area contributed by atoms with Crippen LogP contribution in [0.4, 0.5) is 6.01 Å². The minimum atomic E-state index is 0.393. The fraction of sp³-hybridized carbons (Fsp3) is 0.375. The molecule has 2 aromatic rings. The summed E-state index contributed by atoms with van der Waals surface area (Å²) < 4.78 is 10.2. The maximum Gasteiger partial charge on any atom is 0.315 e. The first kappa shape index (κ1) is 8.74. The van der Waals surface area contributed by atoms with E-state index in [0.29, 0.717) is 18.5 Å². The Labute approximate surface area is 80.3 Å². The smallest absolute Gasteiger partial charge is 0.315 e. The number of hydrogen-bond donors (Lipinski definition) is 1. The van der Waals surface area contributed by atoms with Crippen molar-refractivity contribution in [2.24, 2.45) is 0 Å². The van der Waals surface area contributed by atoms with Crippen molar-refractivity contribution in [2.45, 2.75) is 20.4 Å². The van der Waals surface area contributed by atoms with Crippen molar-refractivity contribution >= 4 is 6.01 Å². The van der Waals surface area contributed by atoms with Gasteiger partial charge in [0.05, 0.1) is 6.54 Å². The van der Waals surface area contributed by atoms with Crippen LogP contribution in [0.15, 0.2) is 15.2 Å². The molecule has 2 rings (SSSR count). The second kappa shape index (κ2) is 3.49. The first-order valence-electron chi connectivity index (χ1n) is 4.18. The minimum Gasteiger partial charge on any atom is -0.448 e. The summed E-state index contributed by atoms with van der Waals surface area (Å²) in [6.45, 7) is 4.10. The number of nitrogens with one attached hydrogen (secondary N) is 1. The third kappa shape index (κ3) is 1.73. The van der Waals surface area contributed by atoms with E-state index in [-0.39, 0.29) is 0 Å². The molecule has 0 fully saturated rings. The van der Waals surface area contributed by atoms with Crippen LogP contribution in [-0.4, -0.2) is 15.2 Å². The van der Waals surface area contributed by atoms with Crippen LogP contribution < -0.4 is 5.32 Å². The van der Waals surface area contributed by atoms with E-state index in [1.807, 2.05) is 6.92 Å². The predicted molar refractivity (Wildman–Crippen MR) is 47.6 cm³/mol. The summed E-state index contributed by atoms with van der Waals surface area (Å²) >= 11 is 0. The molecule has 0 aromatic carbocycles. The summed E-state index contributed by atoms with van der Waals surface area (Å²) in [5.41, 5.74) is 0.834. The molecular weight excluding hydrogens is 184 g/mol. The molecule has 1 N–H and O–H groups in total. The van der Waals surface area contributed by atoms with E-state index in [1.165, 1.54) is 6.39 Å². The maximum absolute atomic E-state index is 5.13. The fourth-order valence-corrected chi connectivity index (χ4v) is 1.03. The highest BCUT2D eigenvalue weighted by molar-refractivity contribution is 5.20. The van der Waals surface area contributed by atoms with Gasteiger partial charge in [-0.2, -0.15) is 0 Å². The number of anilines is 1. The number of oxazole rings is 1. The molecule has 0 aliphatic heterocycles. The summed E-state index contributed by atoms with van der Waals surface area (Å²) in [6, 6.07) is 0.393. The van der Waals surface area contributed by atoms with Crippen molar-refractivity contribution < 1.29 is 8.83 Å². The van der Waals surface area contributed by atoms with Gasteiger partial charge in [0.15, 0.2) is 6.39 Å². The summed E-state index contributed by atoms with van der Waals surface area (Å²) in [5, 5.41) is 10.4. The lowest BCUT2D eigenvalue weighted by Gasteiger charge is -1.97. The van der Waals surface area contributed by atoms with Crippen LogP contribution in [0, 0.1) is 13.8 Å². The van der Waals surface area contributed by atoms with E-state index in [4.69, 9.17) is 8.83 Å². The predicted octanol–water partition coefficient (Wildman–Crippen LogP) is 1.29. The van der Waals surface area contributed by atoms with E-state index >= 15 is 0 Å². The zero-order valence-electron chi connectivity index (χ0n) is 7.94. The lowest BCUT2D eigenvalue weighted by Crippen LogP contribution is -2.01. The summed E-state index contributed by atoms with van der Waals surface area (Å²) in [4.78, 5) is 4.02. The molecule has 6 nitrogen and oxygen atoms in total. The third-order valence-electron chi connectivity index (χ3n) is 1.78. The lowest BCUT2D eigenvalue weighted by molar-refractivity contribution is 0.522. The third-order valence-corrected chi connectivity index (χ3v) is 1.78. The molecule has 0 aliphatic carbocycles. The van der Waals surface area contributed by atoms with Crippen molar-refractivity contribution in [2.75, 3.05) is 5.32 Å². The molecule has 2 aromatic heterocycles. The maximum atomic E-state index is 5.13. The Hall–Kier alpha value is -1.85. The fourth-order valence-electron chi connectivity index (χ4n) is 1.03. The number of nitrogens with zero attached hydrogens (tertiary/aromatic N) is 3. The van der Waals surface area contributed by atoms with Gasteiger partial charge in [0.1, 0.15) is 11.5 Å². The van der Waals surface area contributed by atoms with Gasteiger partial charge in [0.25, 0.3) is 0 Å². The molecule has 0 aliphatic rings. The van der Waals surface area contributed by atoms with Gasteiger partial charge in [-0.1, -0.05) is 5.10 Å². The average molecular weight is 194 g/mol. The Bertz CT molecular complexity index is 420. The summed E-state index contributed by atoms with van der Waals surface area (Å²) in [5.74, 6) is 1.32. The van der Waals surface area contributed by atoms with Crippen LogP contribution in [0.25, 0.3) is 0 Å². The Kier molecular flexibility index (Phi) is 2.18.